The molecule has 120 valence electrons. The van der Waals surface area contributed by atoms with Crippen molar-refractivity contribution >= 4 is 11.8 Å². The molecule has 1 aliphatic rings. The van der Waals surface area contributed by atoms with E-state index in [0.717, 1.165) is 18.5 Å². The van der Waals surface area contributed by atoms with Gasteiger partial charge < -0.3 is 14.6 Å². The van der Waals surface area contributed by atoms with Crippen LogP contribution in [0.3, 0.4) is 0 Å². The highest BCUT2D eigenvalue weighted by atomic mass is 16.3. The highest BCUT2D eigenvalue weighted by molar-refractivity contribution is 5.95. The maximum Gasteiger partial charge on any atom is 0.251 e. The molecule has 0 bridgehead atoms. The van der Waals surface area contributed by atoms with Gasteiger partial charge in [-0.05, 0) is 18.6 Å². The summed E-state index contributed by atoms with van der Waals surface area (Å²) in [4.78, 5) is 29.8. The molecule has 6 heteroatoms. The summed E-state index contributed by atoms with van der Waals surface area (Å²) in [6.45, 7) is 3.38. The fourth-order valence-corrected chi connectivity index (χ4v) is 2.77. The Labute approximate surface area is 134 Å². The second-order valence-corrected chi connectivity index (χ2v) is 5.66. The largest absolute Gasteiger partial charge is 0.444 e. The van der Waals surface area contributed by atoms with Gasteiger partial charge in [0.15, 0.2) is 12.2 Å². The predicted molar refractivity (Wildman–Crippen MR) is 84.7 cm³/mol. The van der Waals surface area contributed by atoms with E-state index in [2.05, 4.69) is 10.3 Å². The first-order chi connectivity index (χ1) is 11.2. The van der Waals surface area contributed by atoms with Gasteiger partial charge in [-0.25, -0.2) is 4.98 Å². The summed E-state index contributed by atoms with van der Waals surface area (Å²) in [7, 11) is 0. The van der Waals surface area contributed by atoms with E-state index < -0.39 is 0 Å². The molecule has 2 heterocycles. The average Bonchev–Trinajstić information content (AvgIpc) is 3.19. The molecule has 2 aromatic rings. The van der Waals surface area contributed by atoms with Crippen LogP contribution in [0.2, 0.25) is 0 Å². The van der Waals surface area contributed by atoms with Crippen LogP contribution in [0.25, 0.3) is 11.3 Å². The van der Waals surface area contributed by atoms with Gasteiger partial charge in [-0.3, -0.25) is 9.59 Å². The Morgan fingerprint density at radius 1 is 1.39 bits per heavy atom. The third-order valence-corrected chi connectivity index (χ3v) is 3.91. The molecule has 0 aliphatic carbocycles. The van der Waals surface area contributed by atoms with Gasteiger partial charge in [-0.2, -0.15) is 0 Å². The number of amides is 2. The molecule has 1 fully saturated rings. The molecule has 0 unspecified atom stereocenters. The number of benzene rings is 1. The predicted octanol–water partition coefficient (Wildman–Crippen LogP) is 2.08. The van der Waals surface area contributed by atoms with E-state index in [4.69, 9.17) is 4.42 Å². The van der Waals surface area contributed by atoms with Crippen LogP contribution < -0.4 is 5.32 Å². The van der Waals surface area contributed by atoms with Crippen molar-refractivity contribution in [2.45, 2.75) is 25.8 Å². The minimum Gasteiger partial charge on any atom is -0.444 e. The minimum atomic E-state index is -0.162. The maximum atomic E-state index is 12.3. The van der Waals surface area contributed by atoms with Gasteiger partial charge in [0.25, 0.3) is 5.91 Å². The lowest BCUT2D eigenvalue weighted by atomic mass is 10.1. The van der Waals surface area contributed by atoms with E-state index in [-0.39, 0.29) is 17.9 Å². The van der Waals surface area contributed by atoms with Crippen LogP contribution >= 0.6 is 0 Å². The molecule has 23 heavy (non-hydrogen) atoms. The zero-order valence-corrected chi connectivity index (χ0v) is 13.0. The van der Waals surface area contributed by atoms with Crippen molar-refractivity contribution in [2.75, 3.05) is 13.1 Å². The van der Waals surface area contributed by atoms with E-state index in [0.29, 0.717) is 24.3 Å². The Balaban J connectivity index is 1.62. The summed E-state index contributed by atoms with van der Waals surface area (Å²) >= 11 is 0. The summed E-state index contributed by atoms with van der Waals surface area (Å²) in [6, 6.07) is 7.01. The average molecular weight is 313 g/mol. The van der Waals surface area contributed by atoms with Crippen molar-refractivity contribution in [2.24, 2.45) is 0 Å². The first-order valence-corrected chi connectivity index (χ1v) is 7.75. The number of oxazole rings is 1. The lowest BCUT2D eigenvalue weighted by Crippen LogP contribution is -2.37. The topological polar surface area (TPSA) is 75.4 Å². The molecule has 1 saturated heterocycles. The molecule has 6 nitrogen and oxygen atoms in total. The molecule has 1 aromatic heterocycles. The molecular formula is C17H19N3O3. The summed E-state index contributed by atoms with van der Waals surface area (Å²) in [5.74, 6) is 0.608. The molecule has 1 aliphatic heterocycles. The van der Waals surface area contributed by atoms with Gasteiger partial charge in [0.1, 0.15) is 0 Å². The Bertz CT molecular complexity index is 680. The molecule has 3 rings (SSSR count). The smallest absolute Gasteiger partial charge is 0.251 e. The molecule has 1 aromatic carbocycles. The van der Waals surface area contributed by atoms with Gasteiger partial charge in [0.05, 0.1) is 12.2 Å². The number of nitrogens with zero attached hydrogens (tertiary/aromatic N) is 2. The van der Waals surface area contributed by atoms with Gasteiger partial charge in [0, 0.05) is 30.6 Å². The Kier molecular flexibility index (Phi) is 4.41. The van der Waals surface area contributed by atoms with E-state index in [1.165, 1.54) is 6.39 Å². The third-order valence-electron chi connectivity index (χ3n) is 3.91. The molecule has 1 N–H and O–H groups in total. The van der Waals surface area contributed by atoms with Crippen LogP contribution in [0.4, 0.5) is 0 Å². The van der Waals surface area contributed by atoms with E-state index >= 15 is 0 Å². The number of hydrogen-bond acceptors (Lipinski definition) is 4. The molecular weight excluding hydrogens is 294 g/mol. The highest BCUT2D eigenvalue weighted by Crippen LogP contribution is 2.19. The molecule has 0 saturated carbocycles. The van der Waals surface area contributed by atoms with Crippen LogP contribution in [-0.2, 0) is 4.79 Å². The Morgan fingerprint density at radius 2 is 2.17 bits per heavy atom. The molecule has 0 spiro atoms. The summed E-state index contributed by atoms with van der Waals surface area (Å²) in [5, 5.41) is 2.93. The normalized spacial score (nSPS) is 17.5. The van der Waals surface area contributed by atoms with Crippen molar-refractivity contribution in [3.63, 3.8) is 0 Å². The van der Waals surface area contributed by atoms with Crippen LogP contribution in [0.15, 0.2) is 41.3 Å². The van der Waals surface area contributed by atoms with Crippen molar-refractivity contribution in [3.05, 3.63) is 42.4 Å². The van der Waals surface area contributed by atoms with Crippen molar-refractivity contribution in [1.82, 2.24) is 15.2 Å². The minimum absolute atomic E-state index is 0.109. The van der Waals surface area contributed by atoms with E-state index in [9.17, 15) is 9.59 Å². The standard InChI is InChI=1S/C17H19N3O3/c1-2-7-20-10-14(8-16(20)21)19-17(22)13-5-3-12(4-6-13)15-9-18-11-23-15/h3-6,9,11,14H,2,7-8,10H2,1H3,(H,19,22)/t14-/m1/s1. The van der Waals surface area contributed by atoms with Crippen LogP contribution in [0.5, 0.6) is 0 Å². The first kappa shape index (κ1) is 15.3. The number of aromatic nitrogens is 1. The number of carbonyl (C=O) groups excluding carboxylic acids is 2. The zero-order chi connectivity index (χ0) is 16.2. The van der Waals surface area contributed by atoms with Crippen molar-refractivity contribution in [3.8, 4) is 11.3 Å². The number of likely N-dealkylation sites (tertiary alicyclic amines) is 1. The lowest BCUT2D eigenvalue weighted by Gasteiger charge is -2.16. The maximum absolute atomic E-state index is 12.3. The SMILES string of the molecule is CCCN1C[C@H](NC(=O)c2ccc(-c3cnco3)cc2)CC1=O. The zero-order valence-electron chi connectivity index (χ0n) is 13.0. The summed E-state index contributed by atoms with van der Waals surface area (Å²) < 4.78 is 5.22. The van der Waals surface area contributed by atoms with Crippen LogP contribution in [0.1, 0.15) is 30.1 Å². The number of carbonyl (C=O) groups is 2. The number of rotatable bonds is 5. The molecule has 2 amide bonds. The van der Waals surface area contributed by atoms with E-state index in [1.807, 2.05) is 19.1 Å². The van der Waals surface area contributed by atoms with Crippen molar-refractivity contribution < 1.29 is 14.0 Å². The van der Waals surface area contributed by atoms with Gasteiger partial charge >= 0.3 is 0 Å². The van der Waals surface area contributed by atoms with Crippen LogP contribution in [0, 0.1) is 0 Å². The first-order valence-electron chi connectivity index (χ1n) is 7.75. The lowest BCUT2D eigenvalue weighted by molar-refractivity contribution is -0.127. The number of hydrogen-bond donors (Lipinski definition) is 1. The molecule has 1 atom stereocenters. The summed E-state index contributed by atoms with van der Waals surface area (Å²) in [6.07, 6.45) is 4.30. The Morgan fingerprint density at radius 3 is 2.83 bits per heavy atom. The highest BCUT2D eigenvalue weighted by Gasteiger charge is 2.29. The number of nitrogens with one attached hydrogen (secondary N) is 1. The fourth-order valence-electron chi connectivity index (χ4n) is 2.77. The van der Waals surface area contributed by atoms with Gasteiger partial charge in [0.2, 0.25) is 5.91 Å². The van der Waals surface area contributed by atoms with Gasteiger partial charge in [-0.15, -0.1) is 0 Å². The van der Waals surface area contributed by atoms with Gasteiger partial charge in [-0.1, -0.05) is 19.1 Å². The monoisotopic (exact) mass is 313 g/mol. The third kappa shape index (κ3) is 3.41. The van der Waals surface area contributed by atoms with Crippen molar-refractivity contribution in [1.29, 1.82) is 0 Å². The quantitative estimate of drug-likeness (QED) is 0.917. The van der Waals surface area contributed by atoms with Crippen LogP contribution in [-0.4, -0.2) is 40.8 Å². The molecule has 0 radical (unpaired) electrons. The second kappa shape index (κ2) is 6.64. The Hall–Kier alpha value is -2.63. The second-order valence-electron chi connectivity index (χ2n) is 5.66. The fraction of sp³-hybridized carbons (Fsp3) is 0.353. The summed E-state index contributed by atoms with van der Waals surface area (Å²) in [5.41, 5.74) is 1.43. The van der Waals surface area contributed by atoms with E-state index in [1.54, 1.807) is 23.2 Å².